The molecular formula is C12H15Cl2NO2. The van der Waals surface area contributed by atoms with Crippen LogP contribution in [0.4, 0.5) is 0 Å². The molecule has 17 heavy (non-hydrogen) atoms. The average Bonchev–Trinajstić information content (AvgIpc) is 2.30. The van der Waals surface area contributed by atoms with Crippen LogP contribution in [0.3, 0.4) is 0 Å². The highest BCUT2D eigenvalue weighted by molar-refractivity contribution is 6.30. The smallest absolute Gasteiger partial charge is 0.234 e. The molecule has 0 unspecified atom stereocenters. The highest BCUT2D eigenvalue weighted by Gasteiger charge is 2.00. The molecule has 1 N–H and O–H groups in total. The topological polar surface area (TPSA) is 38.3 Å². The van der Waals surface area contributed by atoms with Crippen LogP contribution in [0.1, 0.15) is 12.0 Å². The normalized spacial score (nSPS) is 10.1. The van der Waals surface area contributed by atoms with Crippen LogP contribution in [0.5, 0.6) is 5.75 Å². The minimum Gasteiger partial charge on any atom is -0.493 e. The van der Waals surface area contributed by atoms with Crippen LogP contribution in [0.2, 0.25) is 5.02 Å². The Bertz CT molecular complexity index is 383. The first-order chi connectivity index (χ1) is 8.13. The lowest BCUT2D eigenvalue weighted by atomic mass is 10.2. The quantitative estimate of drug-likeness (QED) is 0.641. The molecule has 0 aliphatic carbocycles. The van der Waals surface area contributed by atoms with Gasteiger partial charge in [-0.05, 0) is 37.1 Å². The third-order valence-electron chi connectivity index (χ3n) is 2.16. The van der Waals surface area contributed by atoms with E-state index in [1.54, 1.807) is 6.07 Å². The van der Waals surface area contributed by atoms with E-state index in [9.17, 15) is 4.79 Å². The summed E-state index contributed by atoms with van der Waals surface area (Å²) in [5.41, 5.74) is 1.00. The molecule has 0 saturated heterocycles. The van der Waals surface area contributed by atoms with Crippen molar-refractivity contribution in [2.75, 3.05) is 19.0 Å². The summed E-state index contributed by atoms with van der Waals surface area (Å²) in [5, 5.41) is 3.37. The van der Waals surface area contributed by atoms with Crippen LogP contribution in [-0.4, -0.2) is 24.9 Å². The lowest BCUT2D eigenvalue weighted by Crippen LogP contribution is -2.26. The summed E-state index contributed by atoms with van der Waals surface area (Å²) in [5.74, 6) is 0.657. The number of amides is 1. The fourth-order valence-corrected chi connectivity index (χ4v) is 1.63. The van der Waals surface area contributed by atoms with Gasteiger partial charge in [0, 0.05) is 11.6 Å². The molecular weight excluding hydrogens is 261 g/mol. The Morgan fingerprint density at radius 3 is 2.88 bits per heavy atom. The first-order valence-corrected chi connectivity index (χ1v) is 6.26. The van der Waals surface area contributed by atoms with E-state index in [1.165, 1.54) is 0 Å². The van der Waals surface area contributed by atoms with Crippen molar-refractivity contribution in [2.45, 2.75) is 13.3 Å². The fraction of sp³-hybridized carbons (Fsp3) is 0.417. The van der Waals surface area contributed by atoms with Gasteiger partial charge in [0.1, 0.15) is 11.6 Å². The van der Waals surface area contributed by atoms with Gasteiger partial charge in [0.05, 0.1) is 6.61 Å². The molecule has 0 saturated carbocycles. The largest absolute Gasteiger partial charge is 0.493 e. The van der Waals surface area contributed by atoms with E-state index >= 15 is 0 Å². The molecule has 3 nitrogen and oxygen atoms in total. The predicted molar refractivity (Wildman–Crippen MR) is 70.0 cm³/mol. The summed E-state index contributed by atoms with van der Waals surface area (Å²) in [6.45, 7) is 3.06. The van der Waals surface area contributed by atoms with Gasteiger partial charge in [-0.1, -0.05) is 11.6 Å². The fourth-order valence-electron chi connectivity index (χ4n) is 1.30. The van der Waals surface area contributed by atoms with Crippen molar-refractivity contribution in [3.05, 3.63) is 28.8 Å². The van der Waals surface area contributed by atoms with Gasteiger partial charge in [-0.3, -0.25) is 4.79 Å². The average molecular weight is 276 g/mol. The van der Waals surface area contributed by atoms with Gasteiger partial charge < -0.3 is 10.1 Å². The highest BCUT2D eigenvalue weighted by atomic mass is 35.5. The maximum Gasteiger partial charge on any atom is 0.234 e. The number of hydrogen-bond acceptors (Lipinski definition) is 2. The Balaban J connectivity index is 2.24. The van der Waals surface area contributed by atoms with Crippen LogP contribution in [0.15, 0.2) is 18.2 Å². The van der Waals surface area contributed by atoms with E-state index in [0.717, 1.165) is 17.7 Å². The first kappa shape index (κ1) is 14.1. The molecule has 1 aromatic rings. The van der Waals surface area contributed by atoms with E-state index in [1.807, 2.05) is 19.1 Å². The molecule has 0 bridgehead atoms. The van der Waals surface area contributed by atoms with Crippen LogP contribution < -0.4 is 10.1 Å². The maximum atomic E-state index is 10.8. The number of benzene rings is 1. The molecule has 0 atom stereocenters. The van der Waals surface area contributed by atoms with E-state index in [-0.39, 0.29) is 11.8 Å². The summed E-state index contributed by atoms with van der Waals surface area (Å²) >= 11 is 11.2. The van der Waals surface area contributed by atoms with Crippen LogP contribution in [0, 0.1) is 6.92 Å². The summed E-state index contributed by atoms with van der Waals surface area (Å²) in [4.78, 5) is 10.8. The monoisotopic (exact) mass is 275 g/mol. The summed E-state index contributed by atoms with van der Waals surface area (Å²) in [7, 11) is 0. The Morgan fingerprint density at radius 1 is 1.47 bits per heavy atom. The molecule has 0 aromatic heterocycles. The second kappa shape index (κ2) is 7.41. The highest BCUT2D eigenvalue weighted by Crippen LogP contribution is 2.21. The zero-order valence-corrected chi connectivity index (χ0v) is 11.1. The van der Waals surface area contributed by atoms with Crippen LogP contribution in [-0.2, 0) is 4.79 Å². The summed E-state index contributed by atoms with van der Waals surface area (Å²) in [6.07, 6.45) is 0.741. The van der Waals surface area contributed by atoms with Crippen LogP contribution >= 0.6 is 23.2 Å². The number of ether oxygens (including phenoxy) is 1. The van der Waals surface area contributed by atoms with Gasteiger partial charge in [-0.2, -0.15) is 0 Å². The molecule has 5 heteroatoms. The predicted octanol–water partition coefficient (Wildman–Crippen LogP) is 2.77. The Kier molecular flexibility index (Phi) is 6.16. The number of aryl methyl sites for hydroxylation is 1. The second-order valence-electron chi connectivity index (χ2n) is 3.60. The Hall–Kier alpha value is -0.930. The summed E-state index contributed by atoms with van der Waals surface area (Å²) in [6, 6.07) is 5.49. The van der Waals surface area contributed by atoms with Crippen molar-refractivity contribution in [2.24, 2.45) is 0 Å². The molecule has 94 valence electrons. The molecule has 0 aliphatic heterocycles. The van der Waals surface area contributed by atoms with Gasteiger partial charge in [0.2, 0.25) is 5.91 Å². The van der Waals surface area contributed by atoms with Gasteiger partial charge in [0.25, 0.3) is 0 Å². The molecule has 1 amide bonds. The number of hydrogen-bond donors (Lipinski definition) is 1. The Labute approximate surface area is 111 Å². The third-order valence-corrected chi connectivity index (χ3v) is 2.64. The SMILES string of the molecule is Cc1cc(Cl)ccc1OCCCNC(=O)CCl. The second-order valence-corrected chi connectivity index (χ2v) is 4.30. The number of halogens is 2. The number of nitrogens with one attached hydrogen (secondary N) is 1. The minimum atomic E-state index is -0.158. The molecule has 0 fully saturated rings. The zero-order chi connectivity index (χ0) is 12.7. The van der Waals surface area contributed by atoms with Gasteiger partial charge in [-0.15, -0.1) is 11.6 Å². The molecule has 0 heterocycles. The Morgan fingerprint density at radius 2 is 2.24 bits per heavy atom. The van der Waals surface area contributed by atoms with E-state index in [2.05, 4.69) is 5.32 Å². The lowest BCUT2D eigenvalue weighted by molar-refractivity contribution is -0.118. The molecule has 1 rings (SSSR count). The lowest BCUT2D eigenvalue weighted by Gasteiger charge is -2.09. The van der Waals surface area contributed by atoms with Gasteiger partial charge in [0.15, 0.2) is 0 Å². The van der Waals surface area contributed by atoms with Gasteiger partial charge in [-0.25, -0.2) is 0 Å². The summed E-state index contributed by atoms with van der Waals surface area (Å²) < 4.78 is 5.56. The van der Waals surface area contributed by atoms with Crippen molar-refractivity contribution in [3.63, 3.8) is 0 Å². The first-order valence-electron chi connectivity index (χ1n) is 5.35. The van der Waals surface area contributed by atoms with Crippen molar-refractivity contribution in [1.29, 1.82) is 0 Å². The molecule has 0 radical (unpaired) electrons. The van der Waals surface area contributed by atoms with E-state index in [0.29, 0.717) is 18.2 Å². The van der Waals surface area contributed by atoms with Crippen molar-refractivity contribution >= 4 is 29.1 Å². The van der Waals surface area contributed by atoms with Crippen molar-refractivity contribution in [1.82, 2.24) is 5.32 Å². The zero-order valence-electron chi connectivity index (χ0n) is 9.63. The standard InChI is InChI=1S/C12H15Cl2NO2/c1-9-7-10(14)3-4-11(9)17-6-2-5-15-12(16)8-13/h3-4,7H,2,5-6,8H2,1H3,(H,15,16). The molecule has 0 aliphatic rings. The van der Waals surface area contributed by atoms with Crippen LogP contribution in [0.25, 0.3) is 0 Å². The van der Waals surface area contributed by atoms with E-state index in [4.69, 9.17) is 27.9 Å². The maximum absolute atomic E-state index is 10.8. The van der Waals surface area contributed by atoms with Crippen molar-refractivity contribution < 1.29 is 9.53 Å². The number of alkyl halides is 1. The van der Waals surface area contributed by atoms with Gasteiger partial charge >= 0.3 is 0 Å². The minimum absolute atomic E-state index is 0.00283. The third kappa shape index (κ3) is 5.29. The number of carbonyl (C=O) groups is 1. The molecule has 1 aromatic carbocycles. The number of carbonyl (C=O) groups excluding carboxylic acids is 1. The number of rotatable bonds is 6. The van der Waals surface area contributed by atoms with E-state index < -0.39 is 0 Å². The van der Waals surface area contributed by atoms with Crippen molar-refractivity contribution in [3.8, 4) is 5.75 Å². The molecule has 0 spiro atoms.